The smallest absolute Gasteiger partial charge is 0.306 e. The van der Waals surface area contributed by atoms with Gasteiger partial charge in [-0.2, -0.15) is 0 Å². The maximum atomic E-state index is 12.9. The number of esters is 3. The highest BCUT2D eigenvalue weighted by molar-refractivity contribution is 5.71. The van der Waals surface area contributed by atoms with Crippen molar-refractivity contribution >= 4 is 17.9 Å². The molecule has 6 nitrogen and oxygen atoms in total. The number of carbonyl (C=O) groups is 3. The minimum atomic E-state index is -0.768. The van der Waals surface area contributed by atoms with E-state index < -0.39 is 6.10 Å². The Bertz CT molecular complexity index is 1170. The van der Waals surface area contributed by atoms with Gasteiger partial charge in [0.2, 0.25) is 0 Å². The fourth-order valence-electron chi connectivity index (χ4n) is 10.6. The van der Waals surface area contributed by atoms with Crippen molar-refractivity contribution in [2.45, 2.75) is 399 Å². The van der Waals surface area contributed by atoms with Crippen molar-refractivity contribution in [2.24, 2.45) is 0 Å². The quantitative estimate of drug-likeness (QED) is 0.0261. The fraction of sp³-hybridized carbons (Fsp3) is 0.928. The molecule has 0 aliphatic rings. The summed E-state index contributed by atoms with van der Waals surface area (Å²) in [7, 11) is 0. The fourth-order valence-corrected chi connectivity index (χ4v) is 10.6. The molecular weight excluding hydrogens is 925 g/mol. The molecule has 1 unspecified atom stereocenters. The third-order valence-electron chi connectivity index (χ3n) is 15.8. The molecule has 0 amide bonds. The van der Waals surface area contributed by atoms with E-state index in [1.165, 1.54) is 295 Å². The van der Waals surface area contributed by atoms with Crippen LogP contribution in [-0.2, 0) is 28.6 Å². The van der Waals surface area contributed by atoms with Crippen molar-refractivity contribution in [3.8, 4) is 0 Å². The van der Waals surface area contributed by atoms with Crippen LogP contribution in [0, 0.1) is 0 Å². The largest absolute Gasteiger partial charge is 0.462 e. The van der Waals surface area contributed by atoms with Crippen LogP contribution >= 0.6 is 0 Å². The van der Waals surface area contributed by atoms with E-state index in [2.05, 4.69) is 32.9 Å². The van der Waals surface area contributed by atoms with Gasteiger partial charge in [0.15, 0.2) is 6.10 Å². The Morgan fingerprint density at radius 2 is 0.440 bits per heavy atom. The molecule has 1 atom stereocenters. The van der Waals surface area contributed by atoms with Gasteiger partial charge in [-0.05, 0) is 44.9 Å². The number of allylic oxidation sites excluding steroid dienone is 2. The van der Waals surface area contributed by atoms with Gasteiger partial charge in [-0.1, -0.05) is 341 Å². The molecule has 0 aromatic carbocycles. The Labute approximate surface area is 469 Å². The maximum Gasteiger partial charge on any atom is 0.306 e. The molecule has 444 valence electrons. The Hall–Kier alpha value is -1.85. The molecular formula is C69H132O6. The molecule has 0 fully saturated rings. The highest BCUT2D eigenvalue weighted by atomic mass is 16.6. The average Bonchev–Trinajstić information content (AvgIpc) is 3.41. The van der Waals surface area contributed by atoms with E-state index in [4.69, 9.17) is 14.2 Å². The third kappa shape index (κ3) is 62.9. The lowest BCUT2D eigenvalue weighted by Crippen LogP contribution is -2.30. The summed E-state index contributed by atoms with van der Waals surface area (Å²) in [6, 6.07) is 0. The van der Waals surface area contributed by atoms with E-state index in [-0.39, 0.29) is 31.1 Å². The van der Waals surface area contributed by atoms with Crippen molar-refractivity contribution in [3.63, 3.8) is 0 Å². The Morgan fingerprint density at radius 1 is 0.253 bits per heavy atom. The van der Waals surface area contributed by atoms with Crippen LogP contribution in [0.2, 0.25) is 0 Å². The minimum absolute atomic E-state index is 0.0652. The molecule has 0 rings (SSSR count). The number of hydrogen-bond acceptors (Lipinski definition) is 6. The second-order valence-corrected chi connectivity index (χ2v) is 23.5. The number of rotatable bonds is 64. The van der Waals surface area contributed by atoms with Gasteiger partial charge in [0, 0.05) is 19.3 Å². The van der Waals surface area contributed by atoms with Crippen LogP contribution in [0.5, 0.6) is 0 Å². The number of ether oxygens (including phenoxy) is 3. The predicted octanol–water partition coefficient (Wildman–Crippen LogP) is 23.2. The monoisotopic (exact) mass is 1060 g/mol. The van der Waals surface area contributed by atoms with Crippen molar-refractivity contribution in [1.82, 2.24) is 0 Å². The molecule has 0 aromatic rings. The molecule has 0 N–H and O–H groups in total. The van der Waals surface area contributed by atoms with Crippen LogP contribution < -0.4 is 0 Å². The lowest BCUT2D eigenvalue weighted by Gasteiger charge is -2.18. The van der Waals surface area contributed by atoms with Gasteiger partial charge in [-0.3, -0.25) is 14.4 Å². The maximum absolute atomic E-state index is 12.9. The standard InChI is InChI=1S/C69H132O6/c1-4-7-10-13-16-19-22-25-27-29-31-32-33-34-35-36-37-38-39-41-42-44-47-50-53-56-59-62-68(71)74-65-66(64-73-67(70)61-58-55-52-49-46-24-21-18-15-12-9-6-3)75-69(72)63-60-57-54-51-48-45-43-40-30-28-26-23-20-17-14-11-8-5-2/h28,30,66H,4-27,29,31-65H2,1-3H3/b30-28-. The summed E-state index contributed by atoms with van der Waals surface area (Å²) in [5.41, 5.74) is 0. The van der Waals surface area contributed by atoms with E-state index >= 15 is 0 Å². The molecule has 0 saturated carbocycles. The van der Waals surface area contributed by atoms with Crippen LogP contribution in [0.4, 0.5) is 0 Å². The minimum Gasteiger partial charge on any atom is -0.462 e. The van der Waals surface area contributed by atoms with Gasteiger partial charge in [0.05, 0.1) is 0 Å². The zero-order valence-electron chi connectivity index (χ0n) is 51.1. The Balaban J connectivity index is 4.16. The first-order valence-electron chi connectivity index (χ1n) is 34.2. The summed E-state index contributed by atoms with van der Waals surface area (Å²) in [5.74, 6) is -0.838. The second-order valence-electron chi connectivity index (χ2n) is 23.5. The average molecular weight is 1060 g/mol. The molecule has 0 heterocycles. The van der Waals surface area contributed by atoms with E-state index in [0.29, 0.717) is 19.3 Å². The molecule has 0 spiro atoms. The van der Waals surface area contributed by atoms with Crippen LogP contribution in [0.3, 0.4) is 0 Å². The molecule has 0 saturated heterocycles. The summed E-state index contributed by atoms with van der Waals surface area (Å²) in [4.78, 5) is 38.3. The van der Waals surface area contributed by atoms with E-state index in [1.54, 1.807) is 0 Å². The van der Waals surface area contributed by atoms with Gasteiger partial charge < -0.3 is 14.2 Å². The predicted molar refractivity (Wildman–Crippen MR) is 326 cm³/mol. The molecule has 0 aliphatic carbocycles. The number of unbranched alkanes of at least 4 members (excludes halogenated alkanes) is 51. The third-order valence-corrected chi connectivity index (χ3v) is 15.8. The first-order valence-corrected chi connectivity index (χ1v) is 34.2. The summed E-state index contributed by atoms with van der Waals surface area (Å²) < 4.78 is 17.0. The van der Waals surface area contributed by atoms with Gasteiger partial charge >= 0.3 is 17.9 Å². The normalized spacial score (nSPS) is 12.0. The van der Waals surface area contributed by atoms with Gasteiger partial charge in [-0.15, -0.1) is 0 Å². The SMILES string of the molecule is CCCCCCCCC/C=C\CCCCCCCCCC(=O)OC(COC(=O)CCCCCCCCCCCCCC)COC(=O)CCCCCCCCCCCCCCCCCCCCCCCCCCCCC. The molecule has 0 bridgehead atoms. The molecule has 6 heteroatoms. The highest BCUT2D eigenvalue weighted by Gasteiger charge is 2.19. The van der Waals surface area contributed by atoms with E-state index in [9.17, 15) is 14.4 Å². The van der Waals surface area contributed by atoms with Crippen LogP contribution in [0.15, 0.2) is 12.2 Å². The summed E-state index contributed by atoms with van der Waals surface area (Å²) in [5, 5.41) is 0. The number of carbonyl (C=O) groups excluding carboxylic acids is 3. The molecule has 75 heavy (non-hydrogen) atoms. The highest BCUT2D eigenvalue weighted by Crippen LogP contribution is 2.19. The first kappa shape index (κ1) is 73.2. The topological polar surface area (TPSA) is 78.9 Å². The van der Waals surface area contributed by atoms with Crippen LogP contribution in [-0.4, -0.2) is 37.2 Å². The zero-order valence-corrected chi connectivity index (χ0v) is 51.1. The Morgan fingerprint density at radius 3 is 0.667 bits per heavy atom. The zero-order chi connectivity index (χ0) is 54.3. The molecule has 0 aromatic heterocycles. The van der Waals surface area contributed by atoms with Gasteiger partial charge in [0.25, 0.3) is 0 Å². The van der Waals surface area contributed by atoms with E-state index in [0.717, 1.165) is 57.8 Å². The van der Waals surface area contributed by atoms with Crippen LogP contribution in [0.1, 0.15) is 393 Å². The van der Waals surface area contributed by atoms with Crippen molar-refractivity contribution in [1.29, 1.82) is 0 Å². The summed E-state index contributed by atoms with van der Waals surface area (Å²) in [6.45, 7) is 6.71. The van der Waals surface area contributed by atoms with Crippen LogP contribution in [0.25, 0.3) is 0 Å². The van der Waals surface area contributed by atoms with Crippen molar-refractivity contribution < 1.29 is 28.6 Å². The van der Waals surface area contributed by atoms with Gasteiger partial charge in [-0.25, -0.2) is 0 Å². The number of hydrogen-bond donors (Lipinski definition) is 0. The van der Waals surface area contributed by atoms with Crippen molar-refractivity contribution in [2.75, 3.05) is 13.2 Å². The Kier molecular flexibility index (Phi) is 63.1. The lowest BCUT2D eigenvalue weighted by atomic mass is 10.0. The summed E-state index contributed by atoms with van der Waals surface area (Å²) in [6.07, 6.45) is 76.7. The molecule has 0 radical (unpaired) electrons. The van der Waals surface area contributed by atoms with Crippen molar-refractivity contribution in [3.05, 3.63) is 12.2 Å². The second kappa shape index (κ2) is 64.7. The molecule has 0 aliphatic heterocycles. The lowest BCUT2D eigenvalue weighted by molar-refractivity contribution is -0.167. The summed E-state index contributed by atoms with van der Waals surface area (Å²) >= 11 is 0. The van der Waals surface area contributed by atoms with Gasteiger partial charge in [0.1, 0.15) is 13.2 Å². The first-order chi connectivity index (χ1) is 37.0. The van der Waals surface area contributed by atoms with E-state index in [1.807, 2.05) is 0 Å².